The number of rotatable bonds is 3. The summed E-state index contributed by atoms with van der Waals surface area (Å²) < 4.78 is 26.7. The highest BCUT2D eigenvalue weighted by Gasteiger charge is 2.16. The first-order valence-electron chi connectivity index (χ1n) is 5.71. The van der Waals surface area contributed by atoms with Crippen LogP contribution in [0.3, 0.4) is 0 Å². The number of nitrogens with one attached hydrogen (secondary N) is 1. The highest BCUT2D eigenvalue weighted by Crippen LogP contribution is 2.19. The van der Waals surface area contributed by atoms with Gasteiger partial charge in [-0.25, -0.2) is 8.78 Å². The van der Waals surface area contributed by atoms with E-state index in [0.29, 0.717) is 0 Å². The third-order valence-corrected chi connectivity index (χ3v) is 2.59. The van der Waals surface area contributed by atoms with Crippen LogP contribution < -0.4 is 11.1 Å². The molecule has 0 saturated heterocycles. The van der Waals surface area contributed by atoms with E-state index in [-0.39, 0.29) is 16.8 Å². The fraction of sp³-hybridized carbons (Fsp3) is 0. The number of anilines is 1. The van der Waals surface area contributed by atoms with Crippen molar-refractivity contribution in [1.82, 2.24) is 4.98 Å². The smallest absolute Gasteiger partial charge is 0.257 e. The Kier molecular flexibility index (Phi) is 4.07. The molecule has 21 heavy (non-hydrogen) atoms. The number of amidine groups is 1. The van der Waals surface area contributed by atoms with Gasteiger partial charge in [-0.3, -0.25) is 9.78 Å². The Balaban J connectivity index is 2.36. The molecule has 1 aromatic carbocycles. The second-order valence-electron chi connectivity index (χ2n) is 3.99. The second kappa shape index (κ2) is 5.95. The lowest BCUT2D eigenvalue weighted by Gasteiger charge is -2.10. The van der Waals surface area contributed by atoms with Crippen molar-refractivity contribution >= 4 is 17.4 Å². The Bertz CT molecular complexity index is 719. The average Bonchev–Trinajstić information content (AvgIpc) is 2.46. The predicted octanol–water partition coefficient (Wildman–Crippen LogP) is 1.71. The number of nitrogens with zero attached hydrogens (tertiary/aromatic N) is 2. The van der Waals surface area contributed by atoms with Crippen molar-refractivity contribution in [2.24, 2.45) is 10.9 Å². The maximum absolute atomic E-state index is 13.7. The number of carbonyl (C=O) groups is 1. The maximum Gasteiger partial charge on any atom is 0.257 e. The molecule has 0 aliphatic carbocycles. The summed E-state index contributed by atoms with van der Waals surface area (Å²) in [6.45, 7) is 0. The standard InChI is InChI=1S/C13H10F2N4O2/c14-8-4-7(5-17-6-8)13(20)18-10-3-1-2-9(15)11(10)12(16)19-21/h1-6,21H,(H2,16,19)(H,18,20). The van der Waals surface area contributed by atoms with Crippen LogP contribution in [-0.4, -0.2) is 21.9 Å². The number of carbonyl (C=O) groups excluding carboxylic acids is 1. The summed E-state index contributed by atoms with van der Waals surface area (Å²) in [4.78, 5) is 15.5. The number of aromatic nitrogens is 1. The fourth-order valence-electron chi connectivity index (χ4n) is 1.67. The van der Waals surface area contributed by atoms with Gasteiger partial charge in [-0.1, -0.05) is 11.2 Å². The minimum absolute atomic E-state index is 0.0143. The van der Waals surface area contributed by atoms with Crippen LogP contribution in [0.1, 0.15) is 15.9 Å². The first-order chi connectivity index (χ1) is 10.0. The van der Waals surface area contributed by atoms with Gasteiger partial charge in [-0.15, -0.1) is 0 Å². The highest BCUT2D eigenvalue weighted by molar-refractivity contribution is 6.09. The third kappa shape index (κ3) is 3.11. The van der Waals surface area contributed by atoms with E-state index in [4.69, 9.17) is 10.9 Å². The molecule has 4 N–H and O–H groups in total. The summed E-state index contributed by atoms with van der Waals surface area (Å²) in [6.07, 6.45) is 2.10. The van der Waals surface area contributed by atoms with Crippen molar-refractivity contribution in [1.29, 1.82) is 0 Å². The molecule has 1 amide bonds. The summed E-state index contributed by atoms with van der Waals surface area (Å²) in [6, 6.07) is 4.77. The second-order valence-corrected chi connectivity index (χ2v) is 3.99. The quantitative estimate of drug-likeness (QED) is 0.347. The Hall–Kier alpha value is -3.03. The number of hydrogen-bond donors (Lipinski definition) is 3. The van der Waals surface area contributed by atoms with Gasteiger partial charge in [0.1, 0.15) is 11.6 Å². The van der Waals surface area contributed by atoms with Gasteiger partial charge in [-0.05, 0) is 18.2 Å². The number of halogens is 2. The zero-order chi connectivity index (χ0) is 15.4. The van der Waals surface area contributed by atoms with Crippen molar-refractivity contribution < 1.29 is 18.8 Å². The van der Waals surface area contributed by atoms with Gasteiger partial charge in [0.25, 0.3) is 5.91 Å². The molecule has 0 unspecified atom stereocenters. The first-order valence-corrected chi connectivity index (χ1v) is 5.71. The number of pyridine rings is 1. The number of oxime groups is 1. The Morgan fingerprint density at radius 1 is 1.33 bits per heavy atom. The molecule has 0 spiro atoms. The molecule has 6 nitrogen and oxygen atoms in total. The van der Waals surface area contributed by atoms with E-state index in [1.54, 1.807) is 0 Å². The average molecular weight is 292 g/mol. The van der Waals surface area contributed by atoms with Gasteiger partial charge in [0.05, 0.1) is 23.0 Å². The zero-order valence-corrected chi connectivity index (χ0v) is 10.5. The Morgan fingerprint density at radius 3 is 2.76 bits per heavy atom. The molecule has 8 heteroatoms. The van der Waals surface area contributed by atoms with Crippen LogP contribution in [0.2, 0.25) is 0 Å². The molecule has 0 bridgehead atoms. The molecule has 0 saturated carbocycles. The topological polar surface area (TPSA) is 101 Å². The van der Waals surface area contributed by atoms with Gasteiger partial charge in [-0.2, -0.15) is 0 Å². The van der Waals surface area contributed by atoms with Crippen LogP contribution in [0.25, 0.3) is 0 Å². The minimum atomic E-state index is -0.777. The molecule has 0 aliphatic rings. The molecule has 2 rings (SSSR count). The van der Waals surface area contributed by atoms with Crippen LogP contribution in [-0.2, 0) is 0 Å². The first kappa shape index (κ1) is 14.4. The van der Waals surface area contributed by atoms with Gasteiger partial charge in [0, 0.05) is 6.20 Å². The van der Waals surface area contributed by atoms with E-state index < -0.39 is 23.4 Å². The molecule has 0 radical (unpaired) electrons. The van der Waals surface area contributed by atoms with Crippen LogP contribution in [0.5, 0.6) is 0 Å². The van der Waals surface area contributed by atoms with Gasteiger partial charge in [0.2, 0.25) is 0 Å². The zero-order valence-electron chi connectivity index (χ0n) is 10.5. The Labute approximate surface area is 117 Å². The normalized spacial score (nSPS) is 11.2. The van der Waals surface area contributed by atoms with Gasteiger partial charge < -0.3 is 16.3 Å². The number of benzene rings is 1. The molecule has 1 heterocycles. The highest BCUT2D eigenvalue weighted by atomic mass is 19.1. The van der Waals surface area contributed by atoms with Crippen molar-refractivity contribution in [2.45, 2.75) is 0 Å². The van der Waals surface area contributed by atoms with E-state index in [1.165, 1.54) is 12.1 Å². The SMILES string of the molecule is N/C(=N/O)c1c(F)cccc1NC(=O)c1cncc(F)c1. The monoisotopic (exact) mass is 292 g/mol. The molecule has 0 atom stereocenters. The molecular formula is C13H10F2N4O2. The van der Waals surface area contributed by atoms with E-state index in [2.05, 4.69) is 15.5 Å². The summed E-state index contributed by atoms with van der Waals surface area (Å²) in [5, 5.41) is 13.7. The summed E-state index contributed by atoms with van der Waals surface area (Å²) in [5.41, 5.74) is 5.04. The predicted molar refractivity (Wildman–Crippen MR) is 71.1 cm³/mol. The fourth-order valence-corrected chi connectivity index (χ4v) is 1.67. The van der Waals surface area contributed by atoms with E-state index in [9.17, 15) is 13.6 Å². The van der Waals surface area contributed by atoms with E-state index >= 15 is 0 Å². The molecule has 0 fully saturated rings. The third-order valence-electron chi connectivity index (χ3n) is 2.59. The maximum atomic E-state index is 13.7. The summed E-state index contributed by atoms with van der Waals surface area (Å²) >= 11 is 0. The van der Waals surface area contributed by atoms with E-state index in [0.717, 1.165) is 24.5 Å². The number of hydrogen-bond acceptors (Lipinski definition) is 4. The van der Waals surface area contributed by atoms with Crippen molar-refractivity contribution in [3.05, 3.63) is 59.4 Å². The Morgan fingerprint density at radius 2 is 2.10 bits per heavy atom. The number of amides is 1. The summed E-state index contributed by atoms with van der Waals surface area (Å²) in [5.74, 6) is -2.67. The largest absolute Gasteiger partial charge is 0.409 e. The van der Waals surface area contributed by atoms with Crippen LogP contribution in [0, 0.1) is 11.6 Å². The van der Waals surface area contributed by atoms with Crippen LogP contribution >= 0.6 is 0 Å². The van der Waals surface area contributed by atoms with Crippen LogP contribution in [0.15, 0.2) is 41.8 Å². The van der Waals surface area contributed by atoms with E-state index in [1.807, 2.05) is 0 Å². The number of nitrogens with two attached hydrogens (primary N) is 1. The van der Waals surface area contributed by atoms with Crippen LogP contribution in [0.4, 0.5) is 14.5 Å². The summed E-state index contributed by atoms with van der Waals surface area (Å²) in [7, 11) is 0. The lowest BCUT2D eigenvalue weighted by molar-refractivity contribution is 0.102. The lowest BCUT2D eigenvalue weighted by Crippen LogP contribution is -2.20. The molecule has 0 aliphatic heterocycles. The van der Waals surface area contributed by atoms with Gasteiger partial charge in [0.15, 0.2) is 5.84 Å². The van der Waals surface area contributed by atoms with Crippen molar-refractivity contribution in [3.8, 4) is 0 Å². The molecule has 108 valence electrons. The van der Waals surface area contributed by atoms with Crippen molar-refractivity contribution in [2.75, 3.05) is 5.32 Å². The molecular weight excluding hydrogens is 282 g/mol. The lowest BCUT2D eigenvalue weighted by atomic mass is 10.1. The molecule has 2 aromatic rings. The minimum Gasteiger partial charge on any atom is -0.409 e. The molecule has 1 aromatic heterocycles. The van der Waals surface area contributed by atoms with Gasteiger partial charge >= 0.3 is 0 Å². The van der Waals surface area contributed by atoms with Crippen molar-refractivity contribution in [3.63, 3.8) is 0 Å².